The molecule has 0 spiro atoms. The van der Waals surface area contributed by atoms with E-state index in [0.29, 0.717) is 16.1 Å². The van der Waals surface area contributed by atoms with Gasteiger partial charge in [0.15, 0.2) is 0 Å². The Morgan fingerprint density at radius 2 is 1.55 bits per heavy atom. The molecule has 0 saturated heterocycles. The zero-order valence-corrected chi connectivity index (χ0v) is 17.3. The summed E-state index contributed by atoms with van der Waals surface area (Å²) in [5.74, 6) is -0.818. The molecule has 1 unspecified atom stereocenters. The summed E-state index contributed by atoms with van der Waals surface area (Å²) >= 11 is 1.18. The number of rotatable bonds is 6. The number of alkyl halides is 3. The van der Waals surface area contributed by atoms with Gasteiger partial charge < -0.3 is 10.6 Å². The summed E-state index contributed by atoms with van der Waals surface area (Å²) in [5, 5.41) is 4.30. The second-order valence-corrected chi connectivity index (χ2v) is 7.83. The third kappa shape index (κ3) is 6.11. The smallest absolute Gasteiger partial charge is 0.326 e. The molecule has 2 amide bonds. The lowest BCUT2D eigenvalue weighted by molar-refractivity contribution is -0.137. The average Bonchev–Trinajstić information content (AvgIpc) is 2.72. The molecule has 0 saturated carbocycles. The van der Waals surface area contributed by atoms with E-state index in [4.69, 9.17) is 0 Å². The molecule has 3 rings (SSSR count). The van der Waals surface area contributed by atoms with Crippen LogP contribution in [0.15, 0.2) is 83.8 Å². The normalized spacial score (nSPS) is 12.1. The number of carbonyl (C=O) groups is 2. The molecule has 8 heteroatoms. The summed E-state index contributed by atoms with van der Waals surface area (Å²) in [4.78, 5) is 25.1. The van der Waals surface area contributed by atoms with Crippen LogP contribution in [0, 0.1) is 0 Å². The molecule has 0 radical (unpaired) electrons. The molecule has 3 aromatic rings. The van der Waals surface area contributed by atoms with Crippen LogP contribution in [-0.2, 0) is 15.8 Å². The van der Waals surface area contributed by atoms with E-state index in [1.807, 2.05) is 0 Å². The summed E-state index contributed by atoms with van der Waals surface area (Å²) in [6.07, 6.45) is -4.59. The van der Waals surface area contributed by atoms with E-state index in [1.54, 1.807) is 54.6 Å². The number of carbonyl (C=O) groups excluding carboxylic acids is 2. The minimum Gasteiger partial charge on any atom is -0.326 e. The van der Waals surface area contributed by atoms with Crippen LogP contribution < -0.4 is 10.6 Å². The van der Waals surface area contributed by atoms with E-state index in [9.17, 15) is 22.8 Å². The van der Waals surface area contributed by atoms with Gasteiger partial charge >= 0.3 is 6.18 Å². The number of anilines is 2. The van der Waals surface area contributed by atoms with Gasteiger partial charge in [-0.1, -0.05) is 48.5 Å². The third-order valence-corrected chi connectivity index (χ3v) is 5.49. The van der Waals surface area contributed by atoms with Gasteiger partial charge in [0.2, 0.25) is 11.8 Å². The summed E-state index contributed by atoms with van der Waals surface area (Å²) in [6, 6.07) is 20.6. The second-order valence-electron chi connectivity index (χ2n) is 6.65. The lowest BCUT2D eigenvalue weighted by Crippen LogP contribution is -2.21. The molecular weight excluding hydrogens is 425 g/mol. The standard InChI is InChI=1S/C23H19F3N2O2S/c1-15(29)27-17-10-7-11-18(14-17)31-21(16-8-3-2-4-9-16)22(30)28-20-13-6-5-12-19(20)23(24,25)26/h2-14,21H,1H3,(H,27,29)(H,28,30). The van der Waals surface area contributed by atoms with Crippen LogP contribution in [0.1, 0.15) is 23.3 Å². The first-order chi connectivity index (χ1) is 14.7. The Labute approximate surface area is 181 Å². The van der Waals surface area contributed by atoms with Crippen molar-refractivity contribution < 1.29 is 22.8 Å². The highest BCUT2D eigenvalue weighted by atomic mass is 32.2. The number of hydrogen-bond donors (Lipinski definition) is 2. The van der Waals surface area contributed by atoms with Gasteiger partial charge in [-0.15, -0.1) is 11.8 Å². The van der Waals surface area contributed by atoms with Gasteiger partial charge in [0.05, 0.1) is 11.3 Å². The van der Waals surface area contributed by atoms with Crippen LogP contribution in [0.4, 0.5) is 24.5 Å². The van der Waals surface area contributed by atoms with E-state index in [0.717, 1.165) is 6.07 Å². The minimum absolute atomic E-state index is 0.233. The van der Waals surface area contributed by atoms with Crippen molar-refractivity contribution in [2.24, 2.45) is 0 Å². The van der Waals surface area contributed by atoms with Crippen molar-refractivity contribution >= 4 is 35.0 Å². The summed E-state index contributed by atoms with van der Waals surface area (Å²) in [5.41, 5.74) is -0.00657. The van der Waals surface area contributed by atoms with Crippen LogP contribution in [-0.4, -0.2) is 11.8 Å². The number of halogens is 3. The molecule has 1 atom stereocenters. The van der Waals surface area contributed by atoms with E-state index in [-0.39, 0.29) is 11.6 Å². The molecule has 3 aromatic carbocycles. The van der Waals surface area contributed by atoms with Crippen molar-refractivity contribution in [3.05, 3.63) is 90.0 Å². The van der Waals surface area contributed by atoms with Gasteiger partial charge in [-0.25, -0.2) is 0 Å². The topological polar surface area (TPSA) is 58.2 Å². The number of thioether (sulfide) groups is 1. The molecule has 0 aliphatic heterocycles. The number of amides is 2. The molecule has 0 aliphatic rings. The highest BCUT2D eigenvalue weighted by Gasteiger charge is 2.34. The molecule has 31 heavy (non-hydrogen) atoms. The Balaban J connectivity index is 1.91. The van der Waals surface area contributed by atoms with Crippen molar-refractivity contribution in [2.75, 3.05) is 10.6 Å². The average molecular weight is 444 g/mol. The maximum atomic E-state index is 13.3. The van der Waals surface area contributed by atoms with Gasteiger partial charge in [0.1, 0.15) is 5.25 Å². The van der Waals surface area contributed by atoms with Crippen molar-refractivity contribution in [3.8, 4) is 0 Å². The Morgan fingerprint density at radius 1 is 0.871 bits per heavy atom. The molecular formula is C23H19F3N2O2S. The minimum atomic E-state index is -4.59. The molecule has 0 bridgehead atoms. The fraction of sp³-hybridized carbons (Fsp3) is 0.130. The number of benzene rings is 3. The molecule has 2 N–H and O–H groups in total. The van der Waals surface area contributed by atoms with Gasteiger partial charge in [0.25, 0.3) is 0 Å². The van der Waals surface area contributed by atoms with Crippen molar-refractivity contribution in [1.82, 2.24) is 0 Å². The van der Waals surface area contributed by atoms with E-state index < -0.39 is 22.9 Å². The van der Waals surface area contributed by atoms with Crippen molar-refractivity contribution in [3.63, 3.8) is 0 Å². The van der Waals surface area contributed by atoms with Crippen LogP contribution in [0.2, 0.25) is 0 Å². The van der Waals surface area contributed by atoms with Crippen molar-refractivity contribution in [2.45, 2.75) is 23.2 Å². The second kappa shape index (κ2) is 9.70. The first-order valence-electron chi connectivity index (χ1n) is 9.30. The van der Waals surface area contributed by atoms with E-state index in [2.05, 4.69) is 10.6 Å². The first-order valence-corrected chi connectivity index (χ1v) is 10.2. The number of hydrogen-bond acceptors (Lipinski definition) is 3. The Hall–Kier alpha value is -3.26. The summed E-state index contributed by atoms with van der Waals surface area (Å²) in [7, 11) is 0. The number of nitrogens with one attached hydrogen (secondary N) is 2. The van der Waals surface area contributed by atoms with Crippen molar-refractivity contribution in [1.29, 1.82) is 0 Å². The molecule has 0 heterocycles. The highest BCUT2D eigenvalue weighted by Crippen LogP contribution is 2.39. The fourth-order valence-corrected chi connectivity index (χ4v) is 4.01. The van der Waals surface area contributed by atoms with Gasteiger partial charge in [-0.3, -0.25) is 9.59 Å². The molecule has 4 nitrogen and oxygen atoms in total. The predicted octanol–water partition coefficient (Wildman–Crippen LogP) is 6.14. The zero-order chi connectivity index (χ0) is 22.4. The van der Waals surface area contributed by atoms with Crippen LogP contribution >= 0.6 is 11.8 Å². The summed E-state index contributed by atoms with van der Waals surface area (Å²) < 4.78 is 40.0. The van der Waals surface area contributed by atoms with Gasteiger partial charge in [-0.05, 0) is 35.9 Å². The molecule has 0 aromatic heterocycles. The molecule has 160 valence electrons. The largest absolute Gasteiger partial charge is 0.418 e. The fourth-order valence-electron chi connectivity index (χ4n) is 2.92. The Morgan fingerprint density at radius 3 is 2.23 bits per heavy atom. The summed E-state index contributed by atoms with van der Waals surface area (Å²) in [6.45, 7) is 1.39. The quantitative estimate of drug-likeness (QED) is 0.449. The van der Waals surface area contributed by atoms with Crippen LogP contribution in [0.3, 0.4) is 0 Å². The maximum absolute atomic E-state index is 13.3. The lowest BCUT2D eigenvalue weighted by atomic mass is 10.1. The van der Waals surface area contributed by atoms with E-state index >= 15 is 0 Å². The third-order valence-electron chi connectivity index (χ3n) is 4.24. The lowest BCUT2D eigenvalue weighted by Gasteiger charge is -2.19. The van der Waals surface area contributed by atoms with Crippen LogP contribution in [0.5, 0.6) is 0 Å². The first kappa shape index (κ1) is 22.4. The van der Waals surface area contributed by atoms with Crippen LogP contribution in [0.25, 0.3) is 0 Å². The monoisotopic (exact) mass is 444 g/mol. The SMILES string of the molecule is CC(=O)Nc1cccc(SC(C(=O)Nc2ccccc2C(F)(F)F)c2ccccc2)c1. The molecule has 0 aliphatic carbocycles. The Kier molecular flexibility index (Phi) is 7.02. The van der Waals surface area contributed by atoms with E-state index in [1.165, 1.54) is 36.9 Å². The predicted molar refractivity (Wildman–Crippen MR) is 116 cm³/mol. The Bertz CT molecular complexity index is 1070. The van der Waals surface area contributed by atoms with Gasteiger partial charge in [0, 0.05) is 17.5 Å². The molecule has 0 fully saturated rings. The van der Waals surface area contributed by atoms with Gasteiger partial charge in [-0.2, -0.15) is 13.2 Å². The number of para-hydroxylation sites is 1. The zero-order valence-electron chi connectivity index (χ0n) is 16.4. The maximum Gasteiger partial charge on any atom is 0.418 e. The highest BCUT2D eigenvalue weighted by molar-refractivity contribution is 8.00.